The molecule has 2 rings (SSSR count). The highest BCUT2D eigenvalue weighted by atomic mass is 16.5. The summed E-state index contributed by atoms with van der Waals surface area (Å²) in [4.78, 5) is 28.0. The van der Waals surface area contributed by atoms with Crippen molar-refractivity contribution in [3.05, 3.63) is 53.3 Å². The van der Waals surface area contributed by atoms with Crippen LogP contribution in [-0.2, 0) is 11.2 Å². The van der Waals surface area contributed by atoms with Gasteiger partial charge in [-0.2, -0.15) is 0 Å². The van der Waals surface area contributed by atoms with Crippen LogP contribution in [0.1, 0.15) is 33.2 Å². The van der Waals surface area contributed by atoms with Crippen molar-refractivity contribution >= 4 is 23.3 Å². The molecule has 3 N–H and O–H groups in total. The van der Waals surface area contributed by atoms with Crippen LogP contribution in [0.15, 0.2) is 36.7 Å². The Bertz CT molecular complexity index is 714. The van der Waals surface area contributed by atoms with Gasteiger partial charge < -0.3 is 15.8 Å². The summed E-state index contributed by atoms with van der Waals surface area (Å²) in [5.41, 5.74) is 8.03. The van der Waals surface area contributed by atoms with E-state index in [-0.39, 0.29) is 17.2 Å². The van der Waals surface area contributed by atoms with Gasteiger partial charge in [0.2, 0.25) is 0 Å². The number of aromatic nitrogens is 1. The lowest BCUT2D eigenvalue weighted by atomic mass is 10.1. The lowest BCUT2D eigenvalue weighted by molar-refractivity contribution is 0.0601. The molecule has 0 radical (unpaired) electrons. The van der Waals surface area contributed by atoms with Gasteiger partial charge in [0.05, 0.1) is 29.6 Å². The van der Waals surface area contributed by atoms with Crippen LogP contribution in [0.25, 0.3) is 0 Å². The second-order valence-electron chi connectivity index (χ2n) is 4.60. The fourth-order valence-corrected chi connectivity index (χ4v) is 2.09. The SMILES string of the molecule is CCc1ccncc1C(=O)Nc1cccc(C(=O)OC)c1N. The number of nitrogens with zero attached hydrogens (tertiary/aromatic N) is 1. The number of ether oxygens (including phenoxy) is 1. The molecule has 6 nitrogen and oxygen atoms in total. The van der Waals surface area contributed by atoms with E-state index in [2.05, 4.69) is 15.0 Å². The number of pyridine rings is 1. The molecule has 0 aliphatic rings. The van der Waals surface area contributed by atoms with Crippen LogP contribution in [0.2, 0.25) is 0 Å². The summed E-state index contributed by atoms with van der Waals surface area (Å²) in [6, 6.07) is 6.59. The largest absolute Gasteiger partial charge is 0.465 e. The Kier molecular flexibility index (Phi) is 4.73. The molecule has 0 fully saturated rings. The summed E-state index contributed by atoms with van der Waals surface area (Å²) in [5.74, 6) is -0.872. The van der Waals surface area contributed by atoms with E-state index >= 15 is 0 Å². The molecule has 1 aromatic heterocycles. The normalized spacial score (nSPS) is 10.1. The molecule has 0 atom stereocenters. The number of methoxy groups -OCH3 is 1. The van der Waals surface area contributed by atoms with E-state index in [0.717, 1.165) is 5.56 Å². The molecule has 0 aliphatic heterocycles. The molecule has 0 bridgehead atoms. The summed E-state index contributed by atoms with van der Waals surface area (Å²) in [7, 11) is 1.27. The number of esters is 1. The summed E-state index contributed by atoms with van der Waals surface area (Å²) >= 11 is 0. The van der Waals surface area contributed by atoms with Crippen LogP contribution in [-0.4, -0.2) is 24.0 Å². The van der Waals surface area contributed by atoms with Crippen molar-refractivity contribution in [2.45, 2.75) is 13.3 Å². The molecular formula is C16H17N3O3. The van der Waals surface area contributed by atoms with Gasteiger partial charge in [-0.25, -0.2) is 4.79 Å². The average Bonchev–Trinajstić information content (AvgIpc) is 2.55. The van der Waals surface area contributed by atoms with E-state index in [0.29, 0.717) is 17.7 Å². The summed E-state index contributed by atoms with van der Waals surface area (Å²) in [6.07, 6.45) is 3.86. The van der Waals surface area contributed by atoms with E-state index in [4.69, 9.17) is 5.73 Å². The predicted octanol–water partition coefficient (Wildman–Crippen LogP) is 2.27. The molecule has 1 amide bonds. The third kappa shape index (κ3) is 3.06. The van der Waals surface area contributed by atoms with Crippen molar-refractivity contribution < 1.29 is 14.3 Å². The molecule has 0 aliphatic carbocycles. The number of nitrogen functional groups attached to an aromatic ring is 1. The van der Waals surface area contributed by atoms with Gasteiger partial charge in [0.1, 0.15) is 0 Å². The quantitative estimate of drug-likeness (QED) is 0.667. The van der Waals surface area contributed by atoms with Crippen molar-refractivity contribution in [3.8, 4) is 0 Å². The van der Waals surface area contributed by atoms with E-state index < -0.39 is 5.97 Å². The van der Waals surface area contributed by atoms with Crippen molar-refractivity contribution in [3.63, 3.8) is 0 Å². The number of amides is 1. The van der Waals surface area contributed by atoms with E-state index in [9.17, 15) is 9.59 Å². The first-order valence-electron chi connectivity index (χ1n) is 6.79. The summed E-state index contributed by atoms with van der Waals surface area (Å²) < 4.78 is 4.66. The molecule has 1 heterocycles. The second-order valence-corrected chi connectivity index (χ2v) is 4.60. The highest BCUT2D eigenvalue weighted by Crippen LogP contribution is 2.24. The highest BCUT2D eigenvalue weighted by molar-refractivity contribution is 6.08. The Hall–Kier alpha value is -2.89. The molecule has 114 valence electrons. The maximum absolute atomic E-state index is 12.4. The number of para-hydroxylation sites is 1. The van der Waals surface area contributed by atoms with Crippen LogP contribution in [0.5, 0.6) is 0 Å². The summed E-state index contributed by atoms with van der Waals surface area (Å²) in [6.45, 7) is 1.96. The third-order valence-electron chi connectivity index (χ3n) is 3.30. The number of carbonyl (C=O) groups excluding carboxylic acids is 2. The van der Waals surface area contributed by atoms with E-state index in [1.54, 1.807) is 30.5 Å². The molecule has 6 heteroatoms. The van der Waals surface area contributed by atoms with E-state index in [1.807, 2.05) is 6.92 Å². The van der Waals surface area contributed by atoms with Gasteiger partial charge in [-0.05, 0) is 30.2 Å². The third-order valence-corrected chi connectivity index (χ3v) is 3.30. The first-order chi connectivity index (χ1) is 10.6. The Labute approximate surface area is 128 Å². The molecule has 1 aromatic carbocycles. The topological polar surface area (TPSA) is 94.3 Å². The number of hydrogen-bond acceptors (Lipinski definition) is 5. The second kappa shape index (κ2) is 6.71. The molecule has 0 unspecified atom stereocenters. The van der Waals surface area contributed by atoms with Crippen LogP contribution in [0.4, 0.5) is 11.4 Å². The Morgan fingerprint density at radius 3 is 2.73 bits per heavy atom. The number of anilines is 2. The number of aryl methyl sites for hydroxylation is 1. The van der Waals surface area contributed by atoms with Crippen molar-refractivity contribution in [2.24, 2.45) is 0 Å². The van der Waals surface area contributed by atoms with Crippen molar-refractivity contribution in [1.82, 2.24) is 4.98 Å². The Balaban J connectivity index is 2.31. The first-order valence-corrected chi connectivity index (χ1v) is 6.79. The lowest BCUT2D eigenvalue weighted by Gasteiger charge is -2.12. The predicted molar refractivity (Wildman–Crippen MR) is 83.8 cm³/mol. The molecule has 2 aromatic rings. The summed E-state index contributed by atoms with van der Waals surface area (Å²) in [5, 5.41) is 2.71. The minimum absolute atomic E-state index is 0.171. The molecular weight excluding hydrogens is 282 g/mol. The Morgan fingerprint density at radius 2 is 2.05 bits per heavy atom. The fraction of sp³-hybridized carbons (Fsp3) is 0.188. The van der Waals surface area contributed by atoms with E-state index in [1.165, 1.54) is 13.3 Å². The fourth-order valence-electron chi connectivity index (χ4n) is 2.09. The molecule has 22 heavy (non-hydrogen) atoms. The standard InChI is InChI=1S/C16H17N3O3/c1-3-10-7-8-18-9-12(10)15(20)19-13-6-4-5-11(14(13)17)16(21)22-2/h4-9H,3,17H2,1-2H3,(H,19,20). The maximum Gasteiger partial charge on any atom is 0.340 e. The van der Waals surface area contributed by atoms with Gasteiger partial charge in [0, 0.05) is 12.4 Å². The van der Waals surface area contributed by atoms with Gasteiger partial charge in [0.15, 0.2) is 0 Å². The number of carbonyl (C=O) groups is 2. The van der Waals surface area contributed by atoms with Gasteiger partial charge >= 0.3 is 5.97 Å². The first kappa shape index (κ1) is 15.5. The van der Waals surface area contributed by atoms with Gasteiger partial charge in [-0.3, -0.25) is 9.78 Å². The van der Waals surface area contributed by atoms with Gasteiger partial charge in [0.25, 0.3) is 5.91 Å². The molecule has 0 saturated carbocycles. The van der Waals surface area contributed by atoms with Crippen molar-refractivity contribution in [2.75, 3.05) is 18.2 Å². The smallest absolute Gasteiger partial charge is 0.340 e. The van der Waals surface area contributed by atoms with Gasteiger partial charge in [-0.1, -0.05) is 13.0 Å². The minimum Gasteiger partial charge on any atom is -0.465 e. The Morgan fingerprint density at radius 1 is 1.27 bits per heavy atom. The number of hydrogen-bond donors (Lipinski definition) is 2. The highest BCUT2D eigenvalue weighted by Gasteiger charge is 2.16. The average molecular weight is 299 g/mol. The molecule has 0 spiro atoms. The number of nitrogens with two attached hydrogens (primary N) is 1. The van der Waals surface area contributed by atoms with Crippen LogP contribution in [0.3, 0.4) is 0 Å². The lowest BCUT2D eigenvalue weighted by Crippen LogP contribution is -2.17. The number of benzene rings is 1. The zero-order valence-electron chi connectivity index (χ0n) is 12.4. The number of rotatable bonds is 4. The van der Waals surface area contributed by atoms with Crippen LogP contribution in [0, 0.1) is 0 Å². The maximum atomic E-state index is 12.4. The minimum atomic E-state index is -0.552. The number of nitrogens with one attached hydrogen (secondary N) is 1. The van der Waals surface area contributed by atoms with Gasteiger partial charge in [-0.15, -0.1) is 0 Å². The molecule has 0 saturated heterocycles. The zero-order chi connectivity index (χ0) is 16.1. The van der Waals surface area contributed by atoms with Crippen LogP contribution >= 0.6 is 0 Å². The monoisotopic (exact) mass is 299 g/mol. The van der Waals surface area contributed by atoms with Crippen LogP contribution < -0.4 is 11.1 Å². The van der Waals surface area contributed by atoms with Crippen molar-refractivity contribution in [1.29, 1.82) is 0 Å². The zero-order valence-corrected chi connectivity index (χ0v) is 12.4.